The molecule has 1 aliphatic heterocycles. The summed E-state index contributed by atoms with van der Waals surface area (Å²) in [7, 11) is 2.13. The van der Waals surface area contributed by atoms with Gasteiger partial charge in [0.15, 0.2) is 11.6 Å². The molecule has 0 spiro atoms. The van der Waals surface area contributed by atoms with E-state index in [-0.39, 0.29) is 17.8 Å². The van der Waals surface area contributed by atoms with Crippen LogP contribution >= 0.6 is 11.6 Å². The third kappa shape index (κ3) is 5.74. The molecule has 1 aromatic heterocycles. The van der Waals surface area contributed by atoms with Gasteiger partial charge < -0.3 is 25.6 Å². The lowest BCUT2D eigenvalue weighted by molar-refractivity contribution is 0.102. The van der Waals surface area contributed by atoms with Crippen molar-refractivity contribution in [2.45, 2.75) is 13.0 Å². The minimum Gasteiger partial charge on any atom is -0.482 e. The van der Waals surface area contributed by atoms with Gasteiger partial charge in [-0.1, -0.05) is 29.8 Å². The Morgan fingerprint density at radius 1 is 1.12 bits per heavy atom. The molecular formula is C25H28ClN5O2. The standard InChI is InChI=1S/C25H28ClN5O2/c1-17(33-23-15-20(26)16-28-24(23)27)18-5-3-7-21(13-18)29-25(32)19-6-4-8-22(14-19)31-11-9-30(2)10-12-31/h3-8,13-17H,9-12H2,1-2H3,(H2,27,28)(H,29,32)/t17-/m1/s1. The molecule has 1 aliphatic rings. The van der Waals surface area contributed by atoms with Gasteiger partial charge in [-0.3, -0.25) is 4.79 Å². The van der Waals surface area contributed by atoms with Crippen LogP contribution in [-0.4, -0.2) is 49.0 Å². The molecule has 2 heterocycles. The maximum absolute atomic E-state index is 12.9. The van der Waals surface area contributed by atoms with Crippen LogP contribution in [0.1, 0.15) is 28.9 Å². The number of likely N-dealkylation sites (N-methyl/N-ethyl adjacent to an activating group) is 1. The second-order valence-electron chi connectivity index (χ2n) is 8.22. The Morgan fingerprint density at radius 3 is 2.67 bits per heavy atom. The van der Waals surface area contributed by atoms with Gasteiger partial charge in [0, 0.05) is 55.4 Å². The molecule has 0 saturated carbocycles. The molecule has 0 aliphatic carbocycles. The summed E-state index contributed by atoms with van der Waals surface area (Å²) >= 11 is 6.00. The number of hydrogen-bond acceptors (Lipinski definition) is 6. The van der Waals surface area contributed by atoms with Gasteiger partial charge in [-0.25, -0.2) is 4.98 Å². The lowest BCUT2D eigenvalue weighted by Gasteiger charge is -2.34. The number of nitrogens with two attached hydrogens (primary N) is 1. The van der Waals surface area contributed by atoms with Gasteiger partial charge in [0.1, 0.15) is 6.10 Å². The van der Waals surface area contributed by atoms with Crippen LogP contribution in [0, 0.1) is 0 Å². The monoisotopic (exact) mass is 465 g/mol. The van der Waals surface area contributed by atoms with Gasteiger partial charge in [-0.05, 0) is 49.9 Å². The third-order valence-electron chi connectivity index (χ3n) is 5.74. The Bertz CT molecular complexity index is 1130. The topological polar surface area (TPSA) is 83.7 Å². The van der Waals surface area contributed by atoms with E-state index in [4.69, 9.17) is 22.1 Å². The highest BCUT2D eigenvalue weighted by molar-refractivity contribution is 6.30. The Balaban J connectivity index is 1.44. The summed E-state index contributed by atoms with van der Waals surface area (Å²) in [5.41, 5.74) is 9.16. The van der Waals surface area contributed by atoms with E-state index in [1.807, 2.05) is 49.4 Å². The predicted molar refractivity (Wildman–Crippen MR) is 133 cm³/mol. The van der Waals surface area contributed by atoms with Crippen molar-refractivity contribution in [3.63, 3.8) is 0 Å². The molecule has 1 saturated heterocycles. The van der Waals surface area contributed by atoms with Crippen LogP contribution in [-0.2, 0) is 0 Å². The van der Waals surface area contributed by atoms with Crippen LogP contribution in [0.3, 0.4) is 0 Å². The smallest absolute Gasteiger partial charge is 0.255 e. The Kier molecular flexibility index (Phi) is 7.01. The average molecular weight is 466 g/mol. The first kappa shape index (κ1) is 22.9. The number of rotatable bonds is 6. The zero-order chi connectivity index (χ0) is 23.4. The molecule has 3 N–H and O–H groups in total. The molecule has 0 bridgehead atoms. The number of nitrogens with zero attached hydrogens (tertiary/aromatic N) is 3. The number of amides is 1. The highest BCUT2D eigenvalue weighted by atomic mass is 35.5. The summed E-state index contributed by atoms with van der Waals surface area (Å²) in [6.45, 7) is 5.84. The minimum absolute atomic E-state index is 0.153. The van der Waals surface area contributed by atoms with Crippen LogP contribution in [0.25, 0.3) is 0 Å². The molecule has 172 valence electrons. The summed E-state index contributed by atoms with van der Waals surface area (Å²) in [4.78, 5) is 21.6. The van der Waals surface area contributed by atoms with Crippen molar-refractivity contribution >= 4 is 34.7 Å². The van der Waals surface area contributed by atoms with E-state index in [2.05, 4.69) is 33.2 Å². The third-order valence-corrected chi connectivity index (χ3v) is 5.95. The number of carbonyl (C=O) groups excluding carboxylic acids is 1. The van der Waals surface area contributed by atoms with Gasteiger partial charge in [0.25, 0.3) is 5.91 Å². The highest BCUT2D eigenvalue weighted by Crippen LogP contribution is 2.29. The first-order chi connectivity index (χ1) is 15.9. The maximum atomic E-state index is 12.9. The van der Waals surface area contributed by atoms with E-state index in [0.717, 1.165) is 37.4 Å². The summed E-state index contributed by atoms with van der Waals surface area (Å²) < 4.78 is 5.95. The lowest BCUT2D eigenvalue weighted by atomic mass is 10.1. The van der Waals surface area contributed by atoms with Crippen molar-refractivity contribution in [3.05, 3.63) is 76.9 Å². The van der Waals surface area contributed by atoms with Crippen molar-refractivity contribution in [2.75, 3.05) is 49.2 Å². The summed E-state index contributed by atoms with van der Waals surface area (Å²) in [6.07, 6.45) is 1.16. The van der Waals surface area contributed by atoms with Gasteiger partial charge in [0.2, 0.25) is 0 Å². The second-order valence-corrected chi connectivity index (χ2v) is 8.65. The van der Waals surface area contributed by atoms with Crippen LogP contribution in [0.4, 0.5) is 17.2 Å². The molecule has 7 nitrogen and oxygen atoms in total. The first-order valence-corrected chi connectivity index (χ1v) is 11.3. The quantitative estimate of drug-likeness (QED) is 0.559. The molecule has 33 heavy (non-hydrogen) atoms. The Labute approximate surface area is 199 Å². The van der Waals surface area contributed by atoms with Crippen molar-refractivity contribution in [1.82, 2.24) is 9.88 Å². The molecule has 2 aromatic carbocycles. The first-order valence-electron chi connectivity index (χ1n) is 10.9. The van der Waals surface area contributed by atoms with Gasteiger partial charge in [-0.2, -0.15) is 0 Å². The number of benzene rings is 2. The number of pyridine rings is 1. The average Bonchev–Trinajstić information content (AvgIpc) is 2.82. The number of nitrogen functional groups attached to an aromatic ring is 1. The summed E-state index contributed by atoms with van der Waals surface area (Å²) in [5.74, 6) is 0.543. The van der Waals surface area contributed by atoms with E-state index in [0.29, 0.717) is 22.0 Å². The van der Waals surface area contributed by atoms with E-state index >= 15 is 0 Å². The highest BCUT2D eigenvalue weighted by Gasteiger charge is 2.16. The fourth-order valence-corrected chi connectivity index (χ4v) is 3.91. The fourth-order valence-electron chi connectivity index (χ4n) is 3.77. The molecule has 8 heteroatoms. The van der Waals surface area contributed by atoms with Crippen LogP contribution < -0.4 is 20.7 Å². The van der Waals surface area contributed by atoms with E-state index in [9.17, 15) is 4.79 Å². The maximum Gasteiger partial charge on any atom is 0.255 e. The molecular weight excluding hydrogens is 438 g/mol. The number of carbonyl (C=O) groups is 1. The lowest BCUT2D eigenvalue weighted by Crippen LogP contribution is -2.44. The van der Waals surface area contributed by atoms with Gasteiger partial charge in [-0.15, -0.1) is 0 Å². The number of hydrogen-bond donors (Lipinski definition) is 2. The largest absolute Gasteiger partial charge is 0.482 e. The zero-order valence-electron chi connectivity index (χ0n) is 18.8. The van der Waals surface area contributed by atoms with Crippen molar-refractivity contribution in [3.8, 4) is 5.75 Å². The Hall–Kier alpha value is -3.29. The summed E-state index contributed by atoms with van der Waals surface area (Å²) in [5, 5.41) is 3.45. The van der Waals surface area contributed by atoms with E-state index < -0.39 is 0 Å². The van der Waals surface area contributed by atoms with Gasteiger partial charge >= 0.3 is 0 Å². The van der Waals surface area contributed by atoms with Crippen LogP contribution in [0.2, 0.25) is 5.02 Å². The number of piperazine rings is 1. The number of aromatic nitrogens is 1. The van der Waals surface area contributed by atoms with Crippen molar-refractivity contribution < 1.29 is 9.53 Å². The molecule has 3 aromatic rings. The summed E-state index contributed by atoms with van der Waals surface area (Å²) in [6, 6.07) is 17.0. The Morgan fingerprint density at radius 2 is 1.88 bits per heavy atom. The number of halogens is 1. The normalized spacial score (nSPS) is 15.2. The molecule has 1 amide bonds. The SMILES string of the molecule is C[C@@H](Oc1cc(Cl)cnc1N)c1cccc(NC(=O)c2cccc(N3CCN(C)CC3)c2)c1. The molecule has 4 rings (SSSR count). The van der Waals surface area contributed by atoms with E-state index in [1.165, 1.54) is 6.20 Å². The van der Waals surface area contributed by atoms with Crippen molar-refractivity contribution in [2.24, 2.45) is 0 Å². The zero-order valence-corrected chi connectivity index (χ0v) is 19.5. The molecule has 0 unspecified atom stereocenters. The molecule has 1 atom stereocenters. The molecule has 1 fully saturated rings. The minimum atomic E-state index is -0.315. The fraction of sp³-hybridized carbons (Fsp3) is 0.280. The van der Waals surface area contributed by atoms with Crippen LogP contribution in [0.5, 0.6) is 5.75 Å². The van der Waals surface area contributed by atoms with Crippen LogP contribution in [0.15, 0.2) is 60.8 Å². The number of anilines is 3. The van der Waals surface area contributed by atoms with Gasteiger partial charge in [0.05, 0.1) is 5.02 Å². The second kappa shape index (κ2) is 10.1. The van der Waals surface area contributed by atoms with E-state index in [1.54, 1.807) is 6.07 Å². The molecule has 0 radical (unpaired) electrons. The number of ether oxygens (including phenoxy) is 1. The number of nitrogens with one attached hydrogen (secondary N) is 1. The predicted octanol–water partition coefficient (Wildman–Crippen LogP) is 4.46. The van der Waals surface area contributed by atoms with Crippen molar-refractivity contribution in [1.29, 1.82) is 0 Å².